The second-order valence-electron chi connectivity index (χ2n) is 4.18. The van der Waals surface area contributed by atoms with Crippen LogP contribution in [0, 0.1) is 0 Å². The quantitative estimate of drug-likeness (QED) is 0.594. The van der Waals surface area contributed by atoms with Gasteiger partial charge in [0.15, 0.2) is 0 Å². The summed E-state index contributed by atoms with van der Waals surface area (Å²) >= 11 is 0. The van der Waals surface area contributed by atoms with Crippen LogP contribution in [0.15, 0.2) is 0 Å². The van der Waals surface area contributed by atoms with Crippen molar-refractivity contribution in [2.24, 2.45) is 5.73 Å². The normalized spacial score (nSPS) is 16.1. The van der Waals surface area contributed by atoms with Crippen molar-refractivity contribution in [2.45, 2.75) is 24.6 Å². The van der Waals surface area contributed by atoms with Crippen LogP contribution in [-0.4, -0.2) is 71.3 Å². The Morgan fingerprint density at radius 3 is 1.25 bits per heavy atom. The fourth-order valence-corrected chi connectivity index (χ4v) is 0.992. The zero-order valence-corrected chi connectivity index (χ0v) is 11.3. The molecule has 0 saturated carbocycles. The first kappa shape index (κ1) is 24.5. The predicted molar refractivity (Wildman–Crippen MR) is 57.9 cm³/mol. The zero-order chi connectivity index (χ0) is 19.9. The van der Waals surface area contributed by atoms with Gasteiger partial charge in [0.1, 0.15) is 0 Å². The van der Waals surface area contributed by atoms with Gasteiger partial charge in [-0.2, -0.15) is 39.5 Å². The summed E-state index contributed by atoms with van der Waals surface area (Å²) in [5.41, 5.74) is 5.28. The first-order valence-corrected chi connectivity index (χ1v) is 5.51. The van der Waals surface area contributed by atoms with E-state index in [-0.39, 0.29) is 6.04 Å². The predicted octanol–water partition coefficient (Wildman–Crippen LogP) is 1.46. The van der Waals surface area contributed by atoms with E-state index in [0.29, 0.717) is 13.1 Å². The molecule has 0 amide bonds. The molecule has 0 unspecified atom stereocenters. The number of hydrogen-bond acceptors (Lipinski definition) is 4. The molecule has 24 heavy (non-hydrogen) atoms. The molecule has 1 aliphatic rings. The molecule has 0 aromatic carbocycles. The number of aliphatic carboxylic acids is 2. The lowest BCUT2D eigenvalue weighted by Crippen LogP contribution is -2.57. The van der Waals surface area contributed by atoms with Crippen molar-refractivity contribution in [2.75, 3.05) is 19.6 Å². The van der Waals surface area contributed by atoms with Crippen LogP contribution < -0.4 is 5.73 Å². The molecule has 0 atom stereocenters. The van der Waals surface area contributed by atoms with Gasteiger partial charge in [-0.25, -0.2) is 9.59 Å². The van der Waals surface area contributed by atoms with E-state index in [1.807, 2.05) is 0 Å². The Morgan fingerprint density at radius 1 is 0.875 bits per heavy atom. The summed E-state index contributed by atoms with van der Waals surface area (Å²) in [4.78, 5) is 19.1. The molecule has 1 fully saturated rings. The maximum Gasteiger partial charge on any atom is 0.490 e. The van der Waals surface area contributed by atoms with Crippen LogP contribution in [0.1, 0.15) is 0 Å². The van der Waals surface area contributed by atoms with Crippen molar-refractivity contribution in [3.05, 3.63) is 0 Å². The van der Waals surface area contributed by atoms with E-state index >= 15 is 0 Å². The Kier molecular flexibility index (Phi) is 9.09. The first-order chi connectivity index (χ1) is 10.4. The maximum atomic E-state index is 11.6. The first-order valence-electron chi connectivity index (χ1n) is 5.51. The lowest BCUT2D eigenvalue weighted by atomic mass is 10.1. The number of nitrogens with two attached hydrogens (primary N) is 1. The van der Waals surface area contributed by atoms with Crippen LogP contribution in [0.3, 0.4) is 0 Å². The molecule has 4 N–H and O–H groups in total. The van der Waals surface area contributed by atoms with E-state index in [0.717, 1.165) is 0 Å². The molecule has 0 aromatic rings. The summed E-state index contributed by atoms with van der Waals surface area (Å²) in [5, 5.41) is 14.2. The average molecular weight is 382 g/mol. The summed E-state index contributed by atoms with van der Waals surface area (Å²) in [7, 11) is 0. The molecule has 0 aliphatic carbocycles. The number of nitrogens with zero attached hydrogens (tertiary/aromatic N) is 1. The van der Waals surface area contributed by atoms with Crippen LogP contribution in [0.4, 0.5) is 39.5 Å². The molecule has 1 heterocycles. The van der Waals surface area contributed by atoms with Gasteiger partial charge in [0.2, 0.25) is 0 Å². The monoisotopic (exact) mass is 382 g/mol. The fourth-order valence-electron chi connectivity index (χ4n) is 0.992. The van der Waals surface area contributed by atoms with Crippen LogP contribution in [0.25, 0.3) is 0 Å². The number of halogens is 9. The Morgan fingerprint density at radius 2 is 1.12 bits per heavy atom. The van der Waals surface area contributed by atoms with Gasteiger partial charge in [-0.05, 0) is 0 Å². The van der Waals surface area contributed by atoms with E-state index < -0.39 is 37.0 Å². The van der Waals surface area contributed by atoms with Gasteiger partial charge in [-0.15, -0.1) is 0 Å². The number of rotatable bonds is 1. The zero-order valence-electron chi connectivity index (χ0n) is 11.3. The molecular weight excluding hydrogens is 371 g/mol. The number of hydrogen-bond donors (Lipinski definition) is 3. The molecule has 0 radical (unpaired) electrons. The van der Waals surface area contributed by atoms with Gasteiger partial charge in [-0.1, -0.05) is 0 Å². The average Bonchev–Trinajstić information content (AvgIpc) is 2.23. The highest BCUT2D eigenvalue weighted by molar-refractivity contribution is 5.73. The Balaban J connectivity index is 0. The molecule has 0 spiro atoms. The van der Waals surface area contributed by atoms with Crippen molar-refractivity contribution in [3.8, 4) is 0 Å². The van der Waals surface area contributed by atoms with Crippen LogP contribution in [-0.2, 0) is 9.59 Å². The Bertz CT molecular complexity index is 389. The van der Waals surface area contributed by atoms with E-state index in [9.17, 15) is 39.5 Å². The number of likely N-dealkylation sites (tertiary alicyclic amines) is 1. The topological polar surface area (TPSA) is 104 Å². The van der Waals surface area contributed by atoms with Crippen LogP contribution in [0.2, 0.25) is 0 Å². The van der Waals surface area contributed by atoms with E-state index in [1.54, 1.807) is 0 Å². The largest absolute Gasteiger partial charge is 0.490 e. The standard InChI is InChI=1S/C5H9F3N2.2C2HF3O2/c6-5(7,8)3-10-1-4(9)2-10;2*3-2(4,5)1(6)7/h4H,1-3,9H2;2*(H,6,7). The molecule has 0 bridgehead atoms. The van der Waals surface area contributed by atoms with Gasteiger partial charge < -0.3 is 15.9 Å². The van der Waals surface area contributed by atoms with E-state index in [1.165, 1.54) is 4.90 Å². The molecule has 15 heteroatoms. The Hall–Kier alpha value is -1.77. The molecule has 1 saturated heterocycles. The van der Waals surface area contributed by atoms with Crippen molar-refractivity contribution in [1.82, 2.24) is 4.90 Å². The molecule has 6 nitrogen and oxygen atoms in total. The van der Waals surface area contributed by atoms with Crippen molar-refractivity contribution in [3.63, 3.8) is 0 Å². The molecule has 1 aliphatic heterocycles. The summed E-state index contributed by atoms with van der Waals surface area (Å²) in [5.74, 6) is -5.51. The van der Waals surface area contributed by atoms with E-state index in [2.05, 4.69) is 0 Å². The van der Waals surface area contributed by atoms with Crippen molar-refractivity contribution < 1.29 is 59.3 Å². The summed E-state index contributed by atoms with van der Waals surface area (Å²) in [6.45, 7) is -0.0697. The van der Waals surface area contributed by atoms with Crippen LogP contribution in [0.5, 0.6) is 0 Å². The SMILES string of the molecule is NC1CN(CC(F)(F)F)C1.O=C(O)C(F)(F)F.O=C(O)C(F)(F)F. The third-order valence-corrected chi connectivity index (χ3v) is 1.87. The highest BCUT2D eigenvalue weighted by Crippen LogP contribution is 2.19. The van der Waals surface area contributed by atoms with Crippen LogP contribution >= 0.6 is 0 Å². The van der Waals surface area contributed by atoms with Gasteiger partial charge >= 0.3 is 30.5 Å². The summed E-state index contributed by atoms with van der Waals surface area (Å²) < 4.78 is 98.2. The number of carbonyl (C=O) groups is 2. The van der Waals surface area contributed by atoms with Gasteiger partial charge in [0.25, 0.3) is 0 Å². The Labute approximate surface area is 127 Å². The summed E-state index contributed by atoms with van der Waals surface area (Å²) in [6, 6.07) is -0.0534. The van der Waals surface area contributed by atoms with Gasteiger partial charge in [-0.3, -0.25) is 4.90 Å². The third kappa shape index (κ3) is 13.9. The summed E-state index contributed by atoms with van der Waals surface area (Å²) in [6.07, 6.45) is -14.2. The lowest BCUT2D eigenvalue weighted by molar-refractivity contribution is -0.193. The van der Waals surface area contributed by atoms with Crippen molar-refractivity contribution in [1.29, 1.82) is 0 Å². The minimum atomic E-state index is -5.08. The third-order valence-electron chi connectivity index (χ3n) is 1.87. The number of alkyl halides is 9. The molecule has 144 valence electrons. The van der Waals surface area contributed by atoms with Crippen molar-refractivity contribution >= 4 is 11.9 Å². The van der Waals surface area contributed by atoms with Gasteiger partial charge in [0, 0.05) is 19.1 Å². The number of carboxylic acids is 2. The van der Waals surface area contributed by atoms with E-state index in [4.69, 9.17) is 25.5 Å². The molecule has 1 rings (SSSR count). The molecule has 0 aromatic heterocycles. The fraction of sp³-hybridized carbons (Fsp3) is 0.778. The van der Waals surface area contributed by atoms with Gasteiger partial charge in [0.05, 0.1) is 6.54 Å². The molecular formula is C9H11F9N2O4. The smallest absolute Gasteiger partial charge is 0.475 e. The maximum absolute atomic E-state index is 11.6. The second kappa shape index (κ2) is 8.91. The highest BCUT2D eigenvalue weighted by atomic mass is 19.4. The minimum Gasteiger partial charge on any atom is -0.475 e. The number of carboxylic acid groups (broad SMARTS) is 2. The minimum absolute atomic E-state index is 0.0534. The lowest BCUT2D eigenvalue weighted by Gasteiger charge is -2.36. The highest BCUT2D eigenvalue weighted by Gasteiger charge is 2.39. The second-order valence-corrected chi connectivity index (χ2v) is 4.18.